The monoisotopic (exact) mass is 230 g/mol. The minimum Gasteiger partial charge on any atom is -0.476 e. The van der Waals surface area contributed by atoms with Crippen molar-refractivity contribution in [2.45, 2.75) is 6.10 Å². The number of carbonyl (C=O) groups is 1. The minimum absolute atomic E-state index is 0.107. The fourth-order valence-corrected chi connectivity index (χ4v) is 2.13. The summed E-state index contributed by atoms with van der Waals surface area (Å²) < 4.78 is 10.6. The van der Waals surface area contributed by atoms with Gasteiger partial charge in [0.15, 0.2) is 5.69 Å². The first-order valence-electron chi connectivity index (χ1n) is 4.37. The molecule has 0 amide bonds. The van der Waals surface area contributed by atoms with E-state index in [1.54, 1.807) is 0 Å². The molecule has 1 fully saturated rings. The van der Waals surface area contributed by atoms with Gasteiger partial charge in [0.05, 0.1) is 19.8 Å². The number of nitrogen functional groups attached to an aromatic ring is 1. The van der Waals surface area contributed by atoms with Crippen LogP contribution in [0.4, 0.5) is 5.00 Å². The van der Waals surface area contributed by atoms with Gasteiger partial charge < -0.3 is 20.3 Å². The lowest BCUT2D eigenvalue weighted by atomic mass is 10.3. The highest BCUT2D eigenvalue weighted by molar-refractivity contribution is 7.16. The summed E-state index contributed by atoms with van der Waals surface area (Å²) >= 11 is 1.13. The molecule has 1 aromatic heterocycles. The normalized spacial score (nSPS) is 21.5. The summed E-state index contributed by atoms with van der Waals surface area (Å²) in [5.74, 6) is -1.12. The average Bonchev–Trinajstić information content (AvgIpc) is 2.62. The topological polar surface area (TPSA) is 94.7 Å². The second kappa shape index (κ2) is 4.13. The lowest BCUT2D eigenvalue weighted by molar-refractivity contribution is -0.0902. The molecule has 0 aliphatic carbocycles. The zero-order valence-electron chi connectivity index (χ0n) is 7.80. The van der Waals surface area contributed by atoms with Gasteiger partial charge in [-0.2, -0.15) is 0 Å². The van der Waals surface area contributed by atoms with Gasteiger partial charge in [0.2, 0.25) is 0 Å². The van der Waals surface area contributed by atoms with Crippen LogP contribution >= 0.6 is 11.3 Å². The number of aromatic nitrogens is 1. The number of nitrogens with zero attached hydrogens (tertiary/aromatic N) is 1. The lowest BCUT2D eigenvalue weighted by Gasteiger charge is -2.20. The molecule has 0 radical (unpaired) electrons. The van der Waals surface area contributed by atoms with Gasteiger partial charge >= 0.3 is 5.97 Å². The van der Waals surface area contributed by atoms with Crippen molar-refractivity contribution in [3.05, 3.63) is 10.7 Å². The number of hydrogen-bond donors (Lipinski definition) is 2. The second-order valence-corrected chi connectivity index (χ2v) is 4.07. The predicted octanol–water partition coefficient (Wildman–Crippen LogP) is 0.511. The van der Waals surface area contributed by atoms with Gasteiger partial charge in [0.1, 0.15) is 16.1 Å². The lowest BCUT2D eigenvalue weighted by Crippen LogP contribution is -2.21. The van der Waals surface area contributed by atoms with E-state index in [0.29, 0.717) is 24.8 Å². The summed E-state index contributed by atoms with van der Waals surface area (Å²) in [6, 6.07) is 0. The van der Waals surface area contributed by atoms with Crippen molar-refractivity contribution < 1.29 is 19.4 Å². The molecule has 1 saturated heterocycles. The third-order valence-electron chi connectivity index (χ3n) is 1.96. The number of nitrogens with two attached hydrogens (primary N) is 1. The number of ether oxygens (including phenoxy) is 2. The Balaban J connectivity index is 2.21. The zero-order valence-corrected chi connectivity index (χ0v) is 8.62. The van der Waals surface area contributed by atoms with Gasteiger partial charge in [0, 0.05) is 0 Å². The molecular weight excluding hydrogens is 220 g/mol. The van der Waals surface area contributed by atoms with E-state index in [-0.39, 0.29) is 16.8 Å². The van der Waals surface area contributed by atoms with Gasteiger partial charge in [-0.1, -0.05) is 11.3 Å². The Morgan fingerprint density at radius 2 is 2.40 bits per heavy atom. The number of carboxylic acid groups (broad SMARTS) is 1. The van der Waals surface area contributed by atoms with Crippen molar-refractivity contribution in [1.29, 1.82) is 0 Å². The molecule has 2 heterocycles. The second-order valence-electron chi connectivity index (χ2n) is 3.00. The summed E-state index contributed by atoms with van der Waals surface area (Å²) in [6.07, 6.45) is -0.292. The van der Waals surface area contributed by atoms with Crippen molar-refractivity contribution in [1.82, 2.24) is 4.98 Å². The Morgan fingerprint density at radius 1 is 1.60 bits per heavy atom. The maximum absolute atomic E-state index is 10.7. The highest BCUT2D eigenvalue weighted by atomic mass is 32.1. The van der Waals surface area contributed by atoms with Crippen molar-refractivity contribution >= 4 is 22.3 Å². The van der Waals surface area contributed by atoms with Gasteiger partial charge in [0.25, 0.3) is 0 Å². The van der Waals surface area contributed by atoms with E-state index in [4.69, 9.17) is 20.3 Å². The Labute approximate surface area is 89.6 Å². The molecule has 0 saturated carbocycles. The van der Waals surface area contributed by atoms with E-state index in [2.05, 4.69) is 4.98 Å². The van der Waals surface area contributed by atoms with Crippen LogP contribution in [0.5, 0.6) is 0 Å². The van der Waals surface area contributed by atoms with Gasteiger partial charge in [-0.3, -0.25) is 0 Å². The first-order chi connectivity index (χ1) is 7.18. The smallest absolute Gasteiger partial charge is 0.357 e. The molecule has 1 atom stereocenters. The molecule has 3 N–H and O–H groups in total. The molecule has 0 bridgehead atoms. The largest absolute Gasteiger partial charge is 0.476 e. The van der Waals surface area contributed by atoms with Crippen molar-refractivity contribution in [2.24, 2.45) is 0 Å². The standard InChI is InChI=1S/C8H10N2O4S/c9-6-5(8(11)12)10-7(15-6)4-3-13-1-2-14-4/h4H,1-3,9H2,(H,11,12). The molecule has 1 aliphatic heterocycles. The van der Waals surface area contributed by atoms with Crippen molar-refractivity contribution in [2.75, 3.05) is 25.6 Å². The summed E-state index contributed by atoms with van der Waals surface area (Å²) in [5, 5.41) is 9.53. The van der Waals surface area contributed by atoms with Crippen LogP contribution in [0, 0.1) is 0 Å². The number of rotatable bonds is 2. The zero-order chi connectivity index (χ0) is 10.8. The van der Waals surface area contributed by atoms with Crippen LogP contribution in [0.2, 0.25) is 0 Å². The van der Waals surface area contributed by atoms with Crippen molar-refractivity contribution in [3.63, 3.8) is 0 Å². The molecule has 1 unspecified atom stereocenters. The molecule has 7 heteroatoms. The number of carboxylic acids is 1. The van der Waals surface area contributed by atoms with E-state index in [0.717, 1.165) is 11.3 Å². The van der Waals surface area contributed by atoms with Crippen LogP contribution in [0.1, 0.15) is 21.6 Å². The van der Waals surface area contributed by atoms with E-state index in [9.17, 15) is 4.79 Å². The molecule has 82 valence electrons. The minimum atomic E-state index is -1.12. The summed E-state index contributed by atoms with van der Waals surface area (Å²) in [7, 11) is 0. The van der Waals surface area contributed by atoms with Crippen LogP contribution in [-0.2, 0) is 9.47 Å². The summed E-state index contributed by atoms with van der Waals surface area (Å²) in [6.45, 7) is 1.45. The van der Waals surface area contributed by atoms with Gasteiger partial charge in [-0.15, -0.1) is 0 Å². The molecule has 15 heavy (non-hydrogen) atoms. The Bertz CT molecular complexity index is 373. The molecule has 0 spiro atoms. The number of hydrogen-bond acceptors (Lipinski definition) is 6. The third-order valence-corrected chi connectivity index (χ3v) is 2.94. The quantitative estimate of drug-likeness (QED) is 0.768. The highest BCUT2D eigenvalue weighted by Crippen LogP contribution is 2.29. The predicted molar refractivity (Wildman–Crippen MR) is 53.0 cm³/mol. The summed E-state index contributed by atoms with van der Waals surface area (Å²) in [5.41, 5.74) is 5.42. The van der Waals surface area contributed by atoms with Crippen LogP contribution in [0.15, 0.2) is 0 Å². The number of thiazole rings is 1. The van der Waals surface area contributed by atoms with E-state index < -0.39 is 5.97 Å². The number of aromatic carboxylic acids is 1. The Kier molecular flexibility index (Phi) is 2.85. The molecule has 0 aromatic carbocycles. The van der Waals surface area contributed by atoms with Crippen LogP contribution in [0.25, 0.3) is 0 Å². The van der Waals surface area contributed by atoms with Gasteiger partial charge in [-0.05, 0) is 0 Å². The van der Waals surface area contributed by atoms with Crippen LogP contribution in [-0.4, -0.2) is 35.9 Å². The molecule has 2 rings (SSSR count). The first kappa shape index (κ1) is 10.3. The summed E-state index contributed by atoms with van der Waals surface area (Å²) in [4.78, 5) is 14.6. The average molecular weight is 230 g/mol. The Hall–Kier alpha value is -1.18. The third kappa shape index (κ3) is 2.09. The maximum Gasteiger partial charge on any atom is 0.357 e. The highest BCUT2D eigenvalue weighted by Gasteiger charge is 2.23. The molecular formula is C8H10N2O4S. The molecule has 1 aliphatic rings. The fourth-order valence-electron chi connectivity index (χ4n) is 1.27. The molecule has 6 nitrogen and oxygen atoms in total. The number of anilines is 1. The van der Waals surface area contributed by atoms with E-state index in [1.807, 2.05) is 0 Å². The Morgan fingerprint density at radius 3 is 2.93 bits per heavy atom. The fraction of sp³-hybridized carbons (Fsp3) is 0.500. The van der Waals surface area contributed by atoms with Crippen LogP contribution in [0.3, 0.4) is 0 Å². The SMILES string of the molecule is Nc1sc(C2COCCO2)nc1C(=O)O. The van der Waals surface area contributed by atoms with Crippen LogP contribution < -0.4 is 5.73 Å². The van der Waals surface area contributed by atoms with E-state index >= 15 is 0 Å². The maximum atomic E-state index is 10.7. The van der Waals surface area contributed by atoms with E-state index in [1.165, 1.54) is 0 Å². The molecule has 1 aromatic rings. The first-order valence-corrected chi connectivity index (χ1v) is 5.19. The van der Waals surface area contributed by atoms with Crippen molar-refractivity contribution in [3.8, 4) is 0 Å². The van der Waals surface area contributed by atoms with Gasteiger partial charge in [-0.25, -0.2) is 9.78 Å².